The van der Waals surface area contributed by atoms with Gasteiger partial charge in [-0.15, -0.1) is 0 Å². The molecule has 0 spiro atoms. The van der Waals surface area contributed by atoms with Gasteiger partial charge in [0, 0.05) is 12.1 Å². The molecule has 0 aromatic heterocycles. The topological polar surface area (TPSA) is 101 Å². The average molecular weight is 315 g/mol. The molecule has 1 amide bonds. The number of nitrogens with two attached hydrogens (primary N) is 1. The van der Waals surface area contributed by atoms with Gasteiger partial charge in [-0.2, -0.15) is 0 Å². The van der Waals surface area contributed by atoms with Crippen LogP contribution in [0, 0.1) is 12.7 Å². The number of nitrogens with one attached hydrogen (secondary N) is 2. The fourth-order valence-electron chi connectivity index (χ4n) is 1.99. The molecular weight excluding hydrogens is 297 g/mol. The van der Waals surface area contributed by atoms with E-state index in [0.29, 0.717) is 0 Å². The van der Waals surface area contributed by atoms with Gasteiger partial charge in [-0.1, -0.05) is 0 Å². The van der Waals surface area contributed by atoms with Gasteiger partial charge >= 0.3 is 0 Å². The summed E-state index contributed by atoms with van der Waals surface area (Å²) in [5.74, 6) is -0.914. The van der Waals surface area contributed by atoms with Crippen molar-refractivity contribution in [3.63, 3.8) is 0 Å². The normalized spacial score (nSPS) is 21.7. The van der Waals surface area contributed by atoms with E-state index >= 15 is 0 Å². The summed E-state index contributed by atoms with van der Waals surface area (Å²) in [5.41, 5.74) is 5.91. The molecule has 0 unspecified atom stereocenters. The maximum absolute atomic E-state index is 13.1. The Bertz CT molecular complexity index is 648. The van der Waals surface area contributed by atoms with Crippen LogP contribution in [0.1, 0.15) is 18.4 Å². The van der Waals surface area contributed by atoms with Crippen molar-refractivity contribution in [2.45, 2.75) is 36.7 Å². The van der Waals surface area contributed by atoms with Gasteiger partial charge < -0.3 is 11.1 Å². The van der Waals surface area contributed by atoms with E-state index in [0.717, 1.165) is 25.0 Å². The molecule has 2 rings (SSSR count). The molecule has 6 nitrogen and oxygen atoms in total. The fraction of sp³-hybridized carbons (Fsp3) is 0.462. The number of carbonyl (C=O) groups is 1. The van der Waals surface area contributed by atoms with E-state index in [1.807, 2.05) is 0 Å². The molecule has 21 heavy (non-hydrogen) atoms. The summed E-state index contributed by atoms with van der Waals surface area (Å²) < 4.78 is 39.3. The Balaban J connectivity index is 1.94. The number of amides is 1. The van der Waals surface area contributed by atoms with Crippen molar-refractivity contribution in [3.05, 3.63) is 29.6 Å². The number of hydrogen-bond donors (Lipinski definition) is 3. The fourth-order valence-corrected chi connectivity index (χ4v) is 3.06. The van der Waals surface area contributed by atoms with Crippen LogP contribution in [0.25, 0.3) is 0 Å². The van der Waals surface area contributed by atoms with Crippen LogP contribution in [0.4, 0.5) is 4.39 Å². The van der Waals surface area contributed by atoms with Gasteiger partial charge in [-0.3, -0.25) is 4.79 Å². The Morgan fingerprint density at radius 3 is 2.67 bits per heavy atom. The summed E-state index contributed by atoms with van der Waals surface area (Å²) in [6, 6.07) is 3.31. The molecule has 0 radical (unpaired) electrons. The number of benzene rings is 1. The molecule has 0 saturated heterocycles. The standard InChI is InChI=1S/C13H18FN3O3S/c1-8-6-9(2-3-10(8)14)21(19,20)16-7-13(18)17-12-5-4-11(12)15/h2-3,6,11-12,16H,4-5,7,15H2,1H3,(H,17,18)/t11-,12+/m1/s1. The molecule has 0 aliphatic heterocycles. The van der Waals surface area contributed by atoms with Crippen molar-refractivity contribution in [2.75, 3.05) is 6.54 Å². The molecule has 1 saturated carbocycles. The number of sulfonamides is 1. The second kappa shape index (κ2) is 6.08. The zero-order valence-corrected chi connectivity index (χ0v) is 12.4. The molecule has 1 aromatic carbocycles. The van der Waals surface area contributed by atoms with E-state index in [9.17, 15) is 17.6 Å². The van der Waals surface area contributed by atoms with Gasteiger partial charge in [0.05, 0.1) is 11.4 Å². The predicted octanol–water partition coefficient (Wildman–Crippen LogP) is 0.0183. The Morgan fingerprint density at radius 2 is 2.14 bits per heavy atom. The second-order valence-corrected chi connectivity index (χ2v) is 6.92. The monoisotopic (exact) mass is 315 g/mol. The van der Waals surface area contributed by atoms with E-state index < -0.39 is 21.7 Å². The average Bonchev–Trinajstić information content (AvgIpc) is 2.44. The lowest BCUT2D eigenvalue weighted by Gasteiger charge is -2.34. The Kier molecular flexibility index (Phi) is 4.60. The van der Waals surface area contributed by atoms with Crippen molar-refractivity contribution in [1.82, 2.24) is 10.0 Å². The summed E-state index contributed by atoms with van der Waals surface area (Å²) >= 11 is 0. The first-order valence-electron chi connectivity index (χ1n) is 6.60. The third kappa shape index (κ3) is 3.78. The highest BCUT2D eigenvalue weighted by Gasteiger charge is 2.28. The van der Waals surface area contributed by atoms with E-state index in [1.165, 1.54) is 13.0 Å². The Morgan fingerprint density at radius 1 is 1.43 bits per heavy atom. The molecule has 116 valence electrons. The lowest BCUT2D eigenvalue weighted by atomic mass is 9.87. The van der Waals surface area contributed by atoms with Crippen LogP contribution in [0.15, 0.2) is 23.1 Å². The van der Waals surface area contributed by atoms with Crippen LogP contribution < -0.4 is 15.8 Å². The van der Waals surface area contributed by atoms with Crippen LogP contribution >= 0.6 is 0 Å². The van der Waals surface area contributed by atoms with Gasteiger partial charge in [-0.25, -0.2) is 17.5 Å². The highest BCUT2D eigenvalue weighted by Crippen LogP contribution is 2.17. The smallest absolute Gasteiger partial charge is 0.241 e. The summed E-state index contributed by atoms with van der Waals surface area (Å²) in [4.78, 5) is 11.6. The number of hydrogen-bond acceptors (Lipinski definition) is 4. The van der Waals surface area contributed by atoms with Crippen LogP contribution in [-0.2, 0) is 14.8 Å². The number of halogens is 1. The number of carbonyl (C=O) groups excluding carboxylic acids is 1. The lowest BCUT2D eigenvalue weighted by molar-refractivity contribution is -0.121. The molecule has 1 aromatic rings. The first-order valence-corrected chi connectivity index (χ1v) is 8.08. The number of rotatable bonds is 5. The highest BCUT2D eigenvalue weighted by atomic mass is 32.2. The van der Waals surface area contributed by atoms with Gasteiger partial charge in [0.2, 0.25) is 15.9 Å². The van der Waals surface area contributed by atoms with Gasteiger partial charge in [0.15, 0.2) is 0 Å². The zero-order chi connectivity index (χ0) is 15.6. The van der Waals surface area contributed by atoms with E-state index in [2.05, 4.69) is 10.0 Å². The van der Waals surface area contributed by atoms with Crippen LogP contribution in [-0.4, -0.2) is 33.0 Å². The van der Waals surface area contributed by atoms with E-state index in [4.69, 9.17) is 5.73 Å². The van der Waals surface area contributed by atoms with Gasteiger partial charge in [0.1, 0.15) is 5.82 Å². The van der Waals surface area contributed by atoms with Gasteiger partial charge in [0.25, 0.3) is 0 Å². The molecule has 1 fully saturated rings. The van der Waals surface area contributed by atoms with Crippen LogP contribution in [0.3, 0.4) is 0 Å². The maximum atomic E-state index is 13.1. The maximum Gasteiger partial charge on any atom is 0.241 e. The largest absolute Gasteiger partial charge is 0.351 e. The molecular formula is C13H18FN3O3S. The van der Waals surface area contributed by atoms with Crippen molar-refractivity contribution < 1.29 is 17.6 Å². The summed E-state index contributed by atoms with van der Waals surface area (Å²) in [5, 5.41) is 2.66. The van der Waals surface area contributed by atoms with E-state index in [-0.39, 0.29) is 29.1 Å². The third-order valence-corrected chi connectivity index (χ3v) is 4.94. The van der Waals surface area contributed by atoms with Crippen LogP contribution in [0.5, 0.6) is 0 Å². The molecule has 1 aliphatic rings. The summed E-state index contributed by atoms with van der Waals surface area (Å²) in [7, 11) is -3.84. The first-order chi connectivity index (χ1) is 9.79. The highest BCUT2D eigenvalue weighted by molar-refractivity contribution is 7.89. The number of aryl methyl sites for hydroxylation is 1. The summed E-state index contributed by atoms with van der Waals surface area (Å²) in [6.07, 6.45) is 1.66. The SMILES string of the molecule is Cc1cc(S(=O)(=O)NCC(=O)N[C@H]2CC[C@H]2N)ccc1F. The molecule has 0 bridgehead atoms. The van der Waals surface area contributed by atoms with Crippen molar-refractivity contribution >= 4 is 15.9 Å². The zero-order valence-electron chi connectivity index (χ0n) is 11.6. The Labute approximate surface area is 123 Å². The molecule has 0 heterocycles. The van der Waals surface area contributed by atoms with Gasteiger partial charge in [-0.05, 0) is 43.5 Å². The lowest BCUT2D eigenvalue weighted by Crippen LogP contribution is -2.56. The third-order valence-electron chi connectivity index (χ3n) is 3.54. The molecule has 2 atom stereocenters. The molecule has 1 aliphatic carbocycles. The predicted molar refractivity (Wildman–Crippen MR) is 75.5 cm³/mol. The van der Waals surface area contributed by atoms with Crippen molar-refractivity contribution in [3.8, 4) is 0 Å². The minimum Gasteiger partial charge on any atom is -0.351 e. The minimum absolute atomic E-state index is 0.0645. The minimum atomic E-state index is -3.84. The second-order valence-electron chi connectivity index (χ2n) is 5.15. The Hall–Kier alpha value is -1.51. The molecule has 4 N–H and O–H groups in total. The first kappa shape index (κ1) is 15.9. The van der Waals surface area contributed by atoms with Crippen molar-refractivity contribution in [2.24, 2.45) is 5.73 Å². The molecule has 8 heteroatoms. The van der Waals surface area contributed by atoms with Crippen LogP contribution in [0.2, 0.25) is 0 Å². The summed E-state index contributed by atoms with van der Waals surface area (Å²) in [6.45, 7) is 1.10. The van der Waals surface area contributed by atoms with E-state index in [1.54, 1.807) is 0 Å². The van der Waals surface area contributed by atoms with Crippen molar-refractivity contribution in [1.29, 1.82) is 0 Å². The quantitative estimate of drug-likeness (QED) is 0.713.